The zero-order chi connectivity index (χ0) is 19.2. The van der Waals surface area contributed by atoms with Crippen molar-refractivity contribution in [3.63, 3.8) is 0 Å². The molecule has 2 N–H and O–H groups in total. The Morgan fingerprint density at radius 3 is 2.11 bits per heavy atom. The summed E-state index contributed by atoms with van der Waals surface area (Å²) in [6.45, 7) is 3.36. The number of carbonyl (C=O) groups is 1. The van der Waals surface area contributed by atoms with E-state index in [1.807, 2.05) is 48.5 Å². The van der Waals surface area contributed by atoms with E-state index in [2.05, 4.69) is 35.4 Å². The van der Waals surface area contributed by atoms with Crippen LogP contribution >= 0.6 is 0 Å². The Morgan fingerprint density at radius 2 is 1.43 bits per heavy atom. The van der Waals surface area contributed by atoms with Crippen LogP contribution in [-0.4, -0.2) is 47.2 Å². The zero-order valence-electron chi connectivity index (χ0n) is 15.3. The fraction of sp³-hybridized carbons (Fsp3) is 0.200. The molecule has 28 heavy (non-hydrogen) atoms. The molecular weight excluding hydrogens is 354 g/mol. The van der Waals surface area contributed by atoms with Gasteiger partial charge in [-0.05, 0) is 30.3 Å². The summed E-state index contributed by atoms with van der Waals surface area (Å²) < 4.78 is 0. The molecule has 8 nitrogen and oxygen atoms in total. The standard InChI is InChI=1S/C20H21N7O/c28-20(24-16-5-2-1-3-6-16)25-17-7-8-18(23-15-17)26-11-13-27(14-12-26)19-21-9-4-10-22-19/h1-10,15H,11-14H2,(H2,24,25,28). The molecule has 0 aliphatic carbocycles. The van der Waals surface area contributed by atoms with E-state index in [4.69, 9.17) is 0 Å². The van der Waals surface area contributed by atoms with Gasteiger partial charge in [0, 0.05) is 44.3 Å². The molecule has 4 rings (SSSR count). The molecule has 1 aliphatic heterocycles. The summed E-state index contributed by atoms with van der Waals surface area (Å²) in [5.41, 5.74) is 1.39. The van der Waals surface area contributed by atoms with Gasteiger partial charge in [0.2, 0.25) is 5.95 Å². The molecule has 142 valence electrons. The molecule has 2 amide bonds. The molecule has 1 aromatic carbocycles. The van der Waals surface area contributed by atoms with E-state index in [9.17, 15) is 4.79 Å². The van der Waals surface area contributed by atoms with E-state index in [1.54, 1.807) is 18.6 Å². The van der Waals surface area contributed by atoms with Crippen LogP contribution in [0.3, 0.4) is 0 Å². The van der Waals surface area contributed by atoms with E-state index < -0.39 is 0 Å². The quantitative estimate of drug-likeness (QED) is 0.729. The van der Waals surface area contributed by atoms with Crippen LogP contribution in [0.15, 0.2) is 67.1 Å². The molecule has 3 heterocycles. The highest BCUT2D eigenvalue weighted by molar-refractivity contribution is 5.99. The maximum atomic E-state index is 12.1. The molecule has 0 atom stereocenters. The first-order chi connectivity index (χ1) is 13.8. The molecule has 1 fully saturated rings. The largest absolute Gasteiger partial charge is 0.353 e. The molecule has 2 aromatic heterocycles. The average Bonchev–Trinajstić information content (AvgIpc) is 2.76. The van der Waals surface area contributed by atoms with Crippen LogP contribution in [0, 0.1) is 0 Å². The van der Waals surface area contributed by atoms with Gasteiger partial charge in [0.15, 0.2) is 0 Å². The molecule has 3 aromatic rings. The first-order valence-electron chi connectivity index (χ1n) is 9.14. The zero-order valence-corrected chi connectivity index (χ0v) is 15.3. The van der Waals surface area contributed by atoms with E-state index >= 15 is 0 Å². The van der Waals surface area contributed by atoms with Gasteiger partial charge in [0.05, 0.1) is 11.9 Å². The van der Waals surface area contributed by atoms with Crippen LogP contribution in [0.2, 0.25) is 0 Å². The lowest BCUT2D eigenvalue weighted by atomic mass is 10.3. The Balaban J connectivity index is 1.31. The van der Waals surface area contributed by atoms with E-state index in [0.717, 1.165) is 43.6 Å². The van der Waals surface area contributed by atoms with Crippen molar-refractivity contribution in [3.8, 4) is 0 Å². The maximum absolute atomic E-state index is 12.1. The second-order valence-corrected chi connectivity index (χ2v) is 6.37. The Morgan fingerprint density at radius 1 is 0.750 bits per heavy atom. The van der Waals surface area contributed by atoms with E-state index in [0.29, 0.717) is 5.69 Å². The molecule has 1 aliphatic rings. The Hall–Kier alpha value is -3.68. The molecule has 0 saturated carbocycles. The Kier molecular flexibility index (Phi) is 5.28. The van der Waals surface area contributed by atoms with Gasteiger partial charge in [-0.15, -0.1) is 0 Å². The third-order valence-electron chi connectivity index (χ3n) is 4.48. The number of nitrogens with zero attached hydrogens (tertiary/aromatic N) is 5. The van der Waals surface area contributed by atoms with Crippen LogP contribution in [-0.2, 0) is 0 Å². The van der Waals surface area contributed by atoms with Crippen molar-refractivity contribution in [1.29, 1.82) is 0 Å². The van der Waals surface area contributed by atoms with Gasteiger partial charge < -0.3 is 20.4 Å². The van der Waals surface area contributed by atoms with Crippen molar-refractivity contribution < 1.29 is 4.79 Å². The van der Waals surface area contributed by atoms with Gasteiger partial charge in [-0.1, -0.05) is 18.2 Å². The Bertz CT molecular complexity index is 895. The van der Waals surface area contributed by atoms with Gasteiger partial charge in [-0.2, -0.15) is 0 Å². The fourth-order valence-corrected chi connectivity index (χ4v) is 3.05. The number of hydrogen-bond acceptors (Lipinski definition) is 6. The van der Waals surface area contributed by atoms with Crippen molar-refractivity contribution in [2.24, 2.45) is 0 Å². The fourth-order valence-electron chi connectivity index (χ4n) is 3.05. The van der Waals surface area contributed by atoms with E-state index in [1.165, 1.54) is 0 Å². The molecule has 8 heteroatoms. The molecule has 0 unspecified atom stereocenters. The number of pyridine rings is 1. The lowest BCUT2D eigenvalue weighted by molar-refractivity contribution is 0.262. The number of carbonyl (C=O) groups excluding carboxylic acids is 1. The normalized spacial score (nSPS) is 13.9. The number of aromatic nitrogens is 3. The second kappa shape index (κ2) is 8.34. The number of amides is 2. The van der Waals surface area contributed by atoms with Crippen LogP contribution in [0.25, 0.3) is 0 Å². The minimum absolute atomic E-state index is 0.294. The minimum atomic E-state index is -0.294. The summed E-state index contributed by atoms with van der Waals surface area (Å²) in [5, 5.41) is 5.58. The molecular formula is C20H21N7O. The first-order valence-corrected chi connectivity index (χ1v) is 9.14. The van der Waals surface area contributed by atoms with Gasteiger partial charge in [0.25, 0.3) is 0 Å². The van der Waals surface area contributed by atoms with Crippen molar-refractivity contribution in [2.75, 3.05) is 46.6 Å². The van der Waals surface area contributed by atoms with Crippen molar-refractivity contribution in [2.45, 2.75) is 0 Å². The molecule has 1 saturated heterocycles. The van der Waals surface area contributed by atoms with Crippen LogP contribution in [0.5, 0.6) is 0 Å². The number of rotatable bonds is 4. The predicted molar refractivity (Wildman–Crippen MR) is 110 cm³/mol. The van der Waals surface area contributed by atoms with Crippen molar-refractivity contribution in [1.82, 2.24) is 15.0 Å². The average molecular weight is 375 g/mol. The van der Waals surface area contributed by atoms with Crippen molar-refractivity contribution >= 4 is 29.2 Å². The lowest BCUT2D eigenvalue weighted by Gasteiger charge is -2.35. The van der Waals surface area contributed by atoms with Crippen molar-refractivity contribution in [3.05, 3.63) is 67.1 Å². The van der Waals surface area contributed by atoms with E-state index in [-0.39, 0.29) is 6.03 Å². The van der Waals surface area contributed by atoms with Gasteiger partial charge >= 0.3 is 6.03 Å². The Labute approximate surface area is 163 Å². The maximum Gasteiger partial charge on any atom is 0.323 e. The molecule has 0 bridgehead atoms. The number of para-hydroxylation sites is 1. The predicted octanol–water partition coefficient (Wildman–Crippen LogP) is 2.84. The second-order valence-electron chi connectivity index (χ2n) is 6.37. The summed E-state index contributed by atoms with van der Waals surface area (Å²) >= 11 is 0. The summed E-state index contributed by atoms with van der Waals surface area (Å²) in [7, 11) is 0. The first kappa shape index (κ1) is 17.7. The summed E-state index contributed by atoms with van der Waals surface area (Å²) in [6, 6.07) is 14.6. The SMILES string of the molecule is O=C(Nc1ccccc1)Nc1ccc(N2CCN(c3ncccn3)CC2)nc1. The third kappa shape index (κ3) is 4.35. The monoisotopic (exact) mass is 375 g/mol. The van der Waals surface area contributed by atoms with Crippen LogP contribution in [0.1, 0.15) is 0 Å². The topological polar surface area (TPSA) is 86.3 Å². The lowest BCUT2D eigenvalue weighted by Crippen LogP contribution is -2.47. The number of hydrogen-bond donors (Lipinski definition) is 2. The van der Waals surface area contributed by atoms with Crippen LogP contribution < -0.4 is 20.4 Å². The summed E-state index contributed by atoms with van der Waals surface area (Å²) in [4.78, 5) is 29.5. The van der Waals surface area contributed by atoms with Crippen LogP contribution in [0.4, 0.5) is 27.9 Å². The summed E-state index contributed by atoms with van der Waals surface area (Å²) in [5.74, 6) is 1.65. The number of anilines is 4. The summed E-state index contributed by atoms with van der Waals surface area (Å²) in [6.07, 6.45) is 5.19. The number of piperazine rings is 1. The smallest absolute Gasteiger partial charge is 0.323 e. The highest BCUT2D eigenvalue weighted by atomic mass is 16.2. The number of nitrogens with one attached hydrogen (secondary N) is 2. The van der Waals surface area contributed by atoms with Gasteiger partial charge in [-0.25, -0.2) is 19.7 Å². The van der Waals surface area contributed by atoms with Gasteiger partial charge in [0.1, 0.15) is 5.82 Å². The number of benzene rings is 1. The highest BCUT2D eigenvalue weighted by Gasteiger charge is 2.19. The van der Waals surface area contributed by atoms with Gasteiger partial charge in [-0.3, -0.25) is 0 Å². The molecule has 0 radical (unpaired) electrons. The molecule has 0 spiro atoms. The third-order valence-corrected chi connectivity index (χ3v) is 4.48. The highest BCUT2D eigenvalue weighted by Crippen LogP contribution is 2.18. The number of urea groups is 1. The minimum Gasteiger partial charge on any atom is -0.353 e.